The van der Waals surface area contributed by atoms with Gasteiger partial charge in [-0.2, -0.15) is 0 Å². The van der Waals surface area contributed by atoms with Crippen LogP contribution in [0.3, 0.4) is 0 Å². The van der Waals surface area contributed by atoms with Crippen molar-refractivity contribution in [2.75, 3.05) is 19.0 Å². The Morgan fingerprint density at radius 3 is 3.12 bits per heavy atom. The van der Waals surface area contributed by atoms with Crippen molar-refractivity contribution in [1.82, 2.24) is 9.88 Å². The fraction of sp³-hybridized carbons (Fsp3) is 0.500. The molecule has 1 aliphatic heterocycles. The average molecular weight is 299 g/mol. The van der Waals surface area contributed by atoms with Gasteiger partial charge in [-0.1, -0.05) is 22.0 Å². The van der Waals surface area contributed by atoms with E-state index in [1.54, 1.807) is 13.3 Å². The Labute approximate surface area is 109 Å². The van der Waals surface area contributed by atoms with Gasteiger partial charge in [0.15, 0.2) is 0 Å². The Balaban J connectivity index is 2.08. The minimum atomic E-state index is 0.209. The van der Waals surface area contributed by atoms with Gasteiger partial charge in [0.2, 0.25) is 11.8 Å². The number of nitrogens with zero attached hydrogens (tertiary/aromatic N) is 2. The highest BCUT2D eigenvalue weighted by Gasteiger charge is 2.29. The van der Waals surface area contributed by atoms with E-state index in [-0.39, 0.29) is 5.91 Å². The second-order valence-corrected chi connectivity index (χ2v) is 4.82. The Kier molecular flexibility index (Phi) is 3.99. The second kappa shape index (κ2) is 5.49. The SMILES string of the molecule is COc1ncccc1CN1CC(CBr)CC1=O. The lowest BCUT2D eigenvalue weighted by Crippen LogP contribution is -2.25. The summed E-state index contributed by atoms with van der Waals surface area (Å²) in [5.41, 5.74) is 0.957. The van der Waals surface area contributed by atoms with E-state index in [9.17, 15) is 4.79 Å². The summed E-state index contributed by atoms with van der Waals surface area (Å²) in [6.07, 6.45) is 2.32. The number of halogens is 1. The molecule has 0 aliphatic carbocycles. The van der Waals surface area contributed by atoms with Crippen LogP contribution in [-0.2, 0) is 11.3 Å². The van der Waals surface area contributed by atoms with Gasteiger partial charge in [-0.15, -0.1) is 0 Å². The molecular formula is C12H15BrN2O2. The molecule has 2 rings (SSSR count). The van der Waals surface area contributed by atoms with Gasteiger partial charge in [0.25, 0.3) is 0 Å². The third kappa shape index (κ3) is 2.77. The fourth-order valence-electron chi connectivity index (χ4n) is 2.04. The molecule has 1 saturated heterocycles. The zero-order chi connectivity index (χ0) is 12.3. The third-order valence-electron chi connectivity index (χ3n) is 2.92. The van der Waals surface area contributed by atoms with Gasteiger partial charge in [0, 0.05) is 30.1 Å². The second-order valence-electron chi connectivity index (χ2n) is 4.17. The number of alkyl halides is 1. The standard InChI is InChI=1S/C12H15BrN2O2/c1-17-12-10(3-2-4-14-12)8-15-7-9(6-13)5-11(15)16/h2-4,9H,5-8H2,1H3. The zero-order valence-corrected chi connectivity index (χ0v) is 11.3. The molecule has 1 fully saturated rings. The highest BCUT2D eigenvalue weighted by Crippen LogP contribution is 2.24. The van der Waals surface area contributed by atoms with Crippen molar-refractivity contribution in [2.24, 2.45) is 5.92 Å². The average Bonchev–Trinajstić information content (AvgIpc) is 2.71. The first-order chi connectivity index (χ1) is 8.24. The maximum Gasteiger partial charge on any atom is 0.223 e. The van der Waals surface area contributed by atoms with Crippen LogP contribution in [0.1, 0.15) is 12.0 Å². The number of carbonyl (C=O) groups is 1. The highest BCUT2D eigenvalue weighted by molar-refractivity contribution is 9.09. The number of hydrogen-bond acceptors (Lipinski definition) is 3. The van der Waals surface area contributed by atoms with Gasteiger partial charge < -0.3 is 9.64 Å². The van der Waals surface area contributed by atoms with Gasteiger partial charge in [0.05, 0.1) is 13.7 Å². The van der Waals surface area contributed by atoms with Gasteiger partial charge in [-0.05, 0) is 12.0 Å². The van der Waals surface area contributed by atoms with Crippen molar-refractivity contribution in [3.05, 3.63) is 23.9 Å². The Morgan fingerprint density at radius 2 is 2.47 bits per heavy atom. The van der Waals surface area contributed by atoms with Gasteiger partial charge in [0.1, 0.15) is 0 Å². The van der Waals surface area contributed by atoms with E-state index >= 15 is 0 Å². The van der Waals surface area contributed by atoms with E-state index in [1.807, 2.05) is 17.0 Å². The molecule has 1 unspecified atom stereocenters. The van der Waals surface area contributed by atoms with Gasteiger partial charge in [-0.25, -0.2) is 4.98 Å². The lowest BCUT2D eigenvalue weighted by atomic mass is 10.2. The van der Waals surface area contributed by atoms with E-state index in [0.717, 1.165) is 17.4 Å². The largest absolute Gasteiger partial charge is 0.481 e. The summed E-state index contributed by atoms with van der Waals surface area (Å²) in [6, 6.07) is 3.81. The Bertz CT molecular complexity index is 411. The van der Waals surface area contributed by atoms with Gasteiger partial charge in [-0.3, -0.25) is 4.79 Å². The molecule has 17 heavy (non-hydrogen) atoms. The van der Waals surface area contributed by atoms with Crippen LogP contribution in [-0.4, -0.2) is 34.8 Å². The molecule has 0 aromatic carbocycles. The molecule has 0 bridgehead atoms. The first-order valence-corrected chi connectivity index (χ1v) is 6.68. The first kappa shape index (κ1) is 12.4. The summed E-state index contributed by atoms with van der Waals surface area (Å²) in [4.78, 5) is 17.8. The van der Waals surface area contributed by atoms with Crippen molar-refractivity contribution in [3.8, 4) is 5.88 Å². The Hall–Kier alpha value is -1.10. The summed E-state index contributed by atoms with van der Waals surface area (Å²) in [5, 5.41) is 0.874. The maximum absolute atomic E-state index is 11.8. The predicted octanol–water partition coefficient (Wildman–Crippen LogP) is 1.83. The molecule has 2 heterocycles. The van der Waals surface area contributed by atoms with Crippen molar-refractivity contribution < 1.29 is 9.53 Å². The molecule has 5 heteroatoms. The normalized spacial score (nSPS) is 19.8. The number of hydrogen-bond donors (Lipinski definition) is 0. The van der Waals surface area contributed by atoms with Crippen LogP contribution >= 0.6 is 15.9 Å². The van der Waals surface area contributed by atoms with Crippen molar-refractivity contribution in [1.29, 1.82) is 0 Å². The molecule has 1 aromatic heterocycles. The lowest BCUT2D eigenvalue weighted by molar-refractivity contribution is -0.128. The predicted molar refractivity (Wildman–Crippen MR) is 68.1 cm³/mol. The monoisotopic (exact) mass is 298 g/mol. The van der Waals surface area contributed by atoms with Crippen molar-refractivity contribution >= 4 is 21.8 Å². The van der Waals surface area contributed by atoms with Crippen LogP contribution < -0.4 is 4.74 Å². The third-order valence-corrected chi connectivity index (χ3v) is 3.83. The molecule has 0 N–H and O–H groups in total. The quantitative estimate of drug-likeness (QED) is 0.797. The molecule has 0 spiro atoms. The molecule has 4 nitrogen and oxygen atoms in total. The molecule has 1 aromatic rings. The van der Waals surface area contributed by atoms with E-state index in [2.05, 4.69) is 20.9 Å². The Morgan fingerprint density at radius 1 is 1.65 bits per heavy atom. The molecular weight excluding hydrogens is 284 g/mol. The molecule has 0 radical (unpaired) electrons. The maximum atomic E-state index is 11.8. The summed E-state index contributed by atoms with van der Waals surface area (Å²) in [5.74, 6) is 1.23. The van der Waals surface area contributed by atoms with Crippen molar-refractivity contribution in [3.63, 3.8) is 0 Å². The van der Waals surface area contributed by atoms with E-state index in [0.29, 0.717) is 24.8 Å². The number of methoxy groups -OCH3 is 1. The fourth-order valence-corrected chi connectivity index (χ4v) is 2.48. The topological polar surface area (TPSA) is 42.4 Å². The number of pyridine rings is 1. The number of amides is 1. The summed E-state index contributed by atoms with van der Waals surface area (Å²) >= 11 is 3.43. The minimum absolute atomic E-state index is 0.209. The number of rotatable bonds is 4. The van der Waals surface area contributed by atoms with Crippen LogP contribution in [0.2, 0.25) is 0 Å². The summed E-state index contributed by atoms with van der Waals surface area (Å²) < 4.78 is 5.19. The lowest BCUT2D eigenvalue weighted by Gasteiger charge is -2.17. The van der Waals surface area contributed by atoms with Crippen LogP contribution in [0.25, 0.3) is 0 Å². The molecule has 92 valence electrons. The zero-order valence-electron chi connectivity index (χ0n) is 9.73. The van der Waals surface area contributed by atoms with E-state index < -0.39 is 0 Å². The van der Waals surface area contributed by atoms with Gasteiger partial charge >= 0.3 is 0 Å². The van der Waals surface area contributed by atoms with Crippen LogP contribution in [0.4, 0.5) is 0 Å². The minimum Gasteiger partial charge on any atom is -0.481 e. The summed E-state index contributed by atoms with van der Waals surface area (Å²) in [7, 11) is 1.60. The number of likely N-dealkylation sites (tertiary alicyclic amines) is 1. The number of ether oxygens (including phenoxy) is 1. The summed E-state index contributed by atoms with van der Waals surface area (Å²) in [6.45, 7) is 1.39. The first-order valence-electron chi connectivity index (χ1n) is 5.56. The highest BCUT2D eigenvalue weighted by atomic mass is 79.9. The van der Waals surface area contributed by atoms with E-state index in [1.165, 1.54) is 0 Å². The number of carbonyl (C=O) groups excluding carboxylic acids is 1. The molecule has 1 aliphatic rings. The number of aromatic nitrogens is 1. The molecule has 0 saturated carbocycles. The van der Waals surface area contributed by atoms with Crippen LogP contribution in [0.5, 0.6) is 5.88 Å². The van der Waals surface area contributed by atoms with Crippen molar-refractivity contribution in [2.45, 2.75) is 13.0 Å². The van der Waals surface area contributed by atoms with E-state index in [4.69, 9.17) is 4.74 Å². The van der Waals surface area contributed by atoms with Crippen LogP contribution in [0, 0.1) is 5.92 Å². The molecule has 1 atom stereocenters. The smallest absolute Gasteiger partial charge is 0.223 e. The molecule has 1 amide bonds. The van der Waals surface area contributed by atoms with Crippen LogP contribution in [0.15, 0.2) is 18.3 Å².